The van der Waals surface area contributed by atoms with E-state index in [1.807, 2.05) is 0 Å². The van der Waals surface area contributed by atoms with Gasteiger partial charge in [-0.25, -0.2) is 0 Å². The van der Waals surface area contributed by atoms with Gasteiger partial charge < -0.3 is 5.73 Å². The first-order chi connectivity index (χ1) is 10.1. The summed E-state index contributed by atoms with van der Waals surface area (Å²) in [6, 6.07) is 21.3. The summed E-state index contributed by atoms with van der Waals surface area (Å²) < 4.78 is 1.09. The molecule has 0 amide bonds. The molecule has 1 atom stereocenters. The van der Waals surface area contributed by atoms with Gasteiger partial charge in [-0.1, -0.05) is 70.5 Å². The van der Waals surface area contributed by atoms with Crippen LogP contribution in [-0.4, -0.2) is 0 Å². The predicted octanol–water partition coefficient (Wildman–Crippen LogP) is 5.15. The standard InChI is InChI=1S/C19H18BrN/c1-13-6-9-17(18(20)10-13)19(21)12-14-7-8-15-4-2-3-5-16(15)11-14/h2-11,19H,12,21H2,1H3. The number of halogens is 1. The van der Waals surface area contributed by atoms with E-state index in [2.05, 4.69) is 83.5 Å². The summed E-state index contributed by atoms with van der Waals surface area (Å²) in [5.41, 5.74) is 10.1. The van der Waals surface area contributed by atoms with Crippen LogP contribution in [0, 0.1) is 6.92 Å². The van der Waals surface area contributed by atoms with Crippen molar-refractivity contribution in [3.05, 3.63) is 81.8 Å². The van der Waals surface area contributed by atoms with Crippen LogP contribution in [0.2, 0.25) is 0 Å². The number of hydrogen-bond acceptors (Lipinski definition) is 1. The van der Waals surface area contributed by atoms with Crippen LogP contribution in [0.4, 0.5) is 0 Å². The second-order valence-corrected chi connectivity index (χ2v) is 6.37. The molecule has 2 N–H and O–H groups in total. The molecule has 0 radical (unpaired) electrons. The fourth-order valence-electron chi connectivity index (χ4n) is 2.66. The normalized spacial score (nSPS) is 12.5. The van der Waals surface area contributed by atoms with E-state index in [0.29, 0.717) is 0 Å². The molecule has 0 fully saturated rings. The highest BCUT2D eigenvalue weighted by atomic mass is 79.9. The Labute approximate surface area is 133 Å². The fraction of sp³-hybridized carbons (Fsp3) is 0.158. The Balaban J connectivity index is 1.87. The minimum absolute atomic E-state index is 0.00105. The van der Waals surface area contributed by atoms with Gasteiger partial charge in [0.15, 0.2) is 0 Å². The van der Waals surface area contributed by atoms with Gasteiger partial charge in [0.25, 0.3) is 0 Å². The average molecular weight is 340 g/mol. The Bertz CT molecular complexity index is 779. The highest BCUT2D eigenvalue weighted by Crippen LogP contribution is 2.26. The molecular formula is C19H18BrN. The van der Waals surface area contributed by atoms with Crippen LogP contribution >= 0.6 is 15.9 Å². The maximum absolute atomic E-state index is 6.39. The summed E-state index contributed by atoms with van der Waals surface area (Å²) in [4.78, 5) is 0. The van der Waals surface area contributed by atoms with Gasteiger partial charge in [0, 0.05) is 10.5 Å². The van der Waals surface area contributed by atoms with E-state index in [9.17, 15) is 0 Å². The second-order valence-electron chi connectivity index (χ2n) is 5.52. The maximum Gasteiger partial charge on any atom is 0.0347 e. The van der Waals surface area contributed by atoms with Crippen molar-refractivity contribution in [3.63, 3.8) is 0 Å². The summed E-state index contributed by atoms with van der Waals surface area (Å²) in [5.74, 6) is 0. The molecule has 3 rings (SSSR count). The molecule has 0 aliphatic heterocycles. The third-order valence-electron chi connectivity index (χ3n) is 3.82. The van der Waals surface area contributed by atoms with Gasteiger partial charge in [-0.05, 0) is 46.9 Å². The van der Waals surface area contributed by atoms with E-state index < -0.39 is 0 Å². The molecule has 0 spiro atoms. The van der Waals surface area contributed by atoms with Gasteiger partial charge in [-0.15, -0.1) is 0 Å². The summed E-state index contributed by atoms with van der Waals surface area (Å²) in [6.45, 7) is 2.09. The maximum atomic E-state index is 6.39. The highest BCUT2D eigenvalue weighted by molar-refractivity contribution is 9.10. The molecule has 21 heavy (non-hydrogen) atoms. The van der Waals surface area contributed by atoms with E-state index >= 15 is 0 Å². The number of nitrogens with two attached hydrogens (primary N) is 1. The van der Waals surface area contributed by atoms with Crippen molar-refractivity contribution < 1.29 is 0 Å². The third kappa shape index (κ3) is 3.17. The van der Waals surface area contributed by atoms with Crippen molar-refractivity contribution in [1.82, 2.24) is 0 Å². The lowest BCUT2D eigenvalue weighted by molar-refractivity contribution is 0.719. The molecule has 2 heteroatoms. The van der Waals surface area contributed by atoms with E-state index in [4.69, 9.17) is 5.73 Å². The van der Waals surface area contributed by atoms with Crippen LogP contribution in [0.25, 0.3) is 10.8 Å². The molecular weight excluding hydrogens is 322 g/mol. The smallest absolute Gasteiger partial charge is 0.0347 e. The molecule has 1 unspecified atom stereocenters. The predicted molar refractivity (Wildman–Crippen MR) is 93.5 cm³/mol. The lowest BCUT2D eigenvalue weighted by Gasteiger charge is -2.15. The van der Waals surface area contributed by atoms with Crippen molar-refractivity contribution in [1.29, 1.82) is 0 Å². The second kappa shape index (κ2) is 6.00. The van der Waals surface area contributed by atoms with Crippen LogP contribution in [0.1, 0.15) is 22.7 Å². The molecule has 106 valence electrons. The largest absolute Gasteiger partial charge is 0.324 e. The Morgan fingerprint density at radius 2 is 1.71 bits per heavy atom. The summed E-state index contributed by atoms with van der Waals surface area (Å²) in [6.07, 6.45) is 0.840. The first-order valence-corrected chi connectivity index (χ1v) is 7.92. The van der Waals surface area contributed by atoms with Crippen LogP contribution in [0.3, 0.4) is 0 Å². The Morgan fingerprint density at radius 1 is 0.952 bits per heavy atom. The lowest BCUT2D eigenvalue weighted by Crippen LogP contribution is -2.14. The number of benzene rings is 3. The highest BCUT2D eigenvalue weighted by Gasteiger charge is 2.11. The van der Waals surface area contributed by atoms with Crippen molar-refractivity contribution in [3.8, 4) is 0 Å². The summed E-state index contributed by atoms with van der Waals surface area (Å²) in [7, 11) is 0. The lowest BCUT2D eigenvalue weighted by atomic mass is 9.97. The van der Waals surface area contributed by atoms with E-state index in [-0.39, 0.29) is 6.04 Å². The number of aryl methyl sites for hydroxylation is 1. The average Bonchev–Trinajstić information content (AvgIpc) is 2.47. The van der Waals surface area contributed by atoms with Crippen molar-refractivity contribution in [2.45, 2.75) is 19.4 Å². The van der Waals surface area contributed by atoms with Crippen LogP contribution in [-0.2, 0) is 6.42 Å². The Hall–Kier alpha value is -1.64. The van der Waals surface area contributed by atoms with Crippen LogP contribution in [0.5, 0.6) is 0 Å². The van der Waals surface area contributed by atoms with Crippen molar-refractivity contribution in [2.75, 3.05) is 0 Å². The SMILES string of the molecule is Cc1ccc(C(N)Cc2ccc3ccccc3c2)c(Br)c1. The molecule has 1 nitrogen and oxygen atoms in total. The fourth-order valence-corrected chi connectivity index (χ4v) is 3.45. The first-order valence-electron chi connectivity index (χ1n) is 7.13. The summed E-state index contributed by atoms with van der Waals surface area (Å²) >= 11 is 3.62. The van der Waals surface area contributed by atoms with Crippen LogP contribution < -0.4 is 5.73 Å². The molecule has 0 saturated heterocycles. The molecule has 3 aromatic rings. The monoisotopic (exact) mass is 339 g/mol. The van der Waals surface area contributed by atoms with Crippen molar-refractivity contribution in [2.24, 2.45) is 5.73 Å². The van der Waals surface area contributed by atoms with E-state index in [1.54, 1.807) is 0 Å². The Morgan fingerprint density at radius 3 is 2.48 bits per heavy atom. The zero-order chi connectivity index (χ0) is 14.8. The third-order valence-corrected chi connectivity index (χ3v) is 4.51. The molecule has 0 aromatic heterocycles. The number of hydrogen-bond donors (Lipinski definition) is 1. The molecule has 3 aromatic carbocycles. The van der Waals surface area contributed by atoms with E-state index in [1.165, 1.54) is 21.9 Å². The first kappa shape index (κ1) is 14.3. The molecule has 0 bridgehead atoms. The van der Waals surface area contributed by atoms with Gasteiger partial charge in [0.05, 0.1) is 0 Å². The number of fused-ring (bicyclic) bond motifs is 1. The summed E-state index contributed by atoms with van der Waals surface area (Å²) in [5, 5.41) is 2.54. The number of rotatable bonds is 3. The quantitative estimate of drug-likeness (QED) is 0.701. The molecule has 0 saturated carbocycles. The van der Waals surface area contributed by atoms with Gasteiger partial charge in [0.2, 0.25) is 0 Å². The van der Waals surface area contributed by atoms with Gasteiger partial charge in [-0.2, -0.15) is 0 Å². The zero-order valence-corrected chi connectivity index (χ0v) is 13.6. The van der Waals surface area contributed by atoms with Crippen LogP contribution in [0.15, 0.2) is 65.1 Å². The van der Waals surface area contributed by atoms with Gasteiger partial charge in [-0.3, -0.25) is 0 Å². The molecule has 0 heterocycles. The topological polar surface area (TPSA) is 26.0 Å². The minimum atomic E-state index is 0.00105. The molecule has 0 aliphatic carbocycles. The van der Waals surface area contributed by atoms with Crippen molar-refractivity contribution >= 4 is 26.7 Å². The Kier molecular flexibility index (Phi) is 4.09. The van der Waals surface area contributed by atoms with E-state index in [0.717, 1.165) is 16.5 Å². The van der Waals surface area contributed by atoms with Gasteiger partial charge in [0.1, 0.15) is 0 Å². The van der Waals surface area contributed by atoms with Gasteiger partial charge >= 0.3 is 0 Å². The zero-order valence-electron chi connectivity index (χ0n) is 12.0. The molecule has 0 aliphatic rings. The minimum Gasteiger partial charge on any atom is -0.324 e.